The molecule has 0 aromatic rings. The summed E-state index contributed by atoms with van der Waals surface area (Å²) in [5, 5.41) is 3.11. The molecule has 1 fully saturated rings. The Labute approximate surface area is 60.7 Å². The van der Waals surface area contributed by atoms with Crippen molar-refractivity contribution in [3.05, 3.63) is 0 Å². The summed E-state index contributed by atoms with van der Waals surface area (Å²) in [6.07, 6.45) is 0.512. The van der Waals surface area contributed by atoms with Crippen LogP contribution in [0.3, 0.4) is 0 Å². The first kappa shape index (κ1) is 7.54. The van der Waals surface area contributed by atoms with Gasteiger partial charge in [0.15, 0.2) is 0 Å². The van der Waals surface area contributed by atoms with Gasteiger partial charge in [-0.3, -0.25) is 10.1 Å². The summed E-state index contributed by atoms with van der Waals surface area (Å²) < 4.78 is 4.71. The molecule has 0 bridgehead atoms. The first-order chi connectivity index (χ1) is 4.70. The molecule has 1 heterocycles. The molecule has 0 aliphatic carbocycles. The molecular formula is C7H13NO2. The summed E-state index contributed by atoms with van der Waals surface area (Å²) in [7, 11) is 0. The van der Waals surface area contributed by atoms with Gasteiger partial charge < -0.3 is 4.74 Å². The lowest BCUT2D eigenvalue weighted by Gasteiger charge is -2.25. The molecule has 0 aromatic carbocycles. The SMILES string of the molecule is CC(C)[C@H]1CC(=O)OCN1. The van der Waals surface area contributed by atoms with Crippen LogP contribution in [0, 0.1) is 5.92 Å². The molecule has 0 spiro atoms. The van der Waals surface area contributed by atoms with Gasteiger partial charge in [-0.1, -0.05) is 13.8 Å². The quantitative estimate of drug-likeness (QED) is 0.543. The van der Waals surface area contributed by atoms with Crippen LogP contribution in [-0.4, -0.2) is 18.7 Å². The molecule has 0 amide bonds. The molecule has 10 heavy (non-hydrogen) atoms. The molecular weight excluding hydrogens is 130 g/mol. The number of carbonyl (C=O) groups is 1. The van der Waals surface area contributed by atoms with Crippen LogP contribution in [-0.2, 0) is 9.53 Å². The van der Waals surface area contributed by atoms with Gasteiger partial charge >= 0.3 is 5.97 Å². The maximum Gasteiger partial charge on any atom is 0.308 e. The fourth-order valence-electron chi connectivity index (χ4n) is 1.01. The third-order valence-corrected chi connectivity index (χ3v) is 1.77. The minimum Gasteiger partial charge on any atom is -0.450 e. The van der Waals surface area contributed by atoms with Crippen LogP contribution >= 0.6 is 0 Å². The van der Waals surface area contributed by atoms with Crippen molar-refractivity contribution in [2.24, 2.45) is 5.92 Å². The molecule has 1 rings (SSSR count). The Morgan fingerprint density at radius 3 is 2.80 bits per heavy atom. The van der Waals surface area contributed by atoms with Gasteiger partial charge in [0, 0.05) is 6.04 Å². The summed E-state index contributed by atoms with van der Waals surface area (Å²) >= 11 is 0. The van der Waals surface area contributed by atoms with Crippen molar-refractivity contribution in [3.63, 3.8) is 0 Å². The highest BCUT2D eigenvalue weighted by atomic mass is 16.5. The van der Waals surface area contributed by atoms with Gasteiger partial charge in [0.25, 0.3) is 0 Å². The predicted octanol–water partition coefficient (Wildman–Crippen LogP) is 0.505. The second-order valence-electron chi connectivity index (χ2n) is 2.92. The third-order valence-electron chi connectivity index (χ3n) is 1.77. The highest BCUT2D eigenvalue weighted by molar-refractivity contribution is 5.70. The van der Waals surface area contributed by atoms with Crippen LogP contribution in [0.2, 0.25) is 0 Å². The van der Waals surface area contributed by atoms with Gasteiger partial charge in [-0.15, -0.1) is 0 Å². The molecule has 1 N–H and O–H groups in total. The predicted molar refractivity (Wildman–Crippen MR) is 37.3 cm³/mol. The van der Waals surface area contributed by atoms with E-state index in [1.807, 2.05) is 0 Å². The van der Waals surface area contributed by atoms with E-state index < -0.39 is 0 Å². The number of esters is 1. The molecule has 0 aromatic heterocycles. The van der Waals surface area contributed by atoms with Crippen molar-refractivity contribution in [2.75, 3.05) is 6.73 Å². The fourth-order valence-corrected chi connectivity index (χ4v) is 1.01. The lowest BCUT2D eigenvalue weighted by molar-refractivity contribution is -0.149. The summed E-state index contributed by atoms with van der Waals surface area (Å²) in [4.78, 5) is 10.7. The second kappa shape index (κ2) is 3.01. The van der Waals surface area contributed by atoms with Gasteiger partial charge in [-0.25, -0.2) is 0 Å². The molecule has 3 heteroatoms. The van der Waals surface area contributed by atoms with Gasteiger partial charge in [0.2, 0.25) is 0 Å². The van der Waals surface area contributed by atoms with Crippen molar-refractivity contribution in [1.29, 1.82) is 0 Å². The molecule has 1 aliphatic heterocycles. The number of hydrogen-bond acceptors (Lipinski definition) is 3. The van der Waals surface area contributed by atoms with Crippen LogP contribution in [0.5, 0.6) is 0 Å². The van der Waals surface area contributed by atoms with E-state index >= 15 is 0 Å². The van der Waals surface area contributed by atoms with Gasteiger partial charge in [0.1, 0.15) is 6.73 Å². The van der Waals surface area contributed by atoms with Crippen LogP contribution in [0.15, 0.2) is 0 Å². The van der Waals surface area contributed by atoms with Crippen molar-refractivity contribution in [3.8, 4) is 0 Å². The molecule has 1 aliphatic rings. The Balaban J connectivity index is 2.39. The minimum atomic E-state index is -0.0857. The van der Waals surface area contributed by atoms with Crippen LogP contribution < -0.4 is 5.32 Å². The molecule has 58 valence electrons. The maximum atomic E-state index is 10.7. The zero-order chi connectivity index (χ0) is 7.56. The normalized spacial score (nSPS) is 26.7. The van der Waals surface area contributed by atoms with Crippen LogP contribution in [0.4, 0.5) is 0 Å². The average molecular weight is 143 g/mol. The van der Waals surface area contributed by atoms with Crippen molar-refractivity contribution in [2.45, 2.75) is 26.3 Å². The highest BCUT2D eigenvalue weighted by Gasteiger charge is 2.21. The average Bonchev–Trinajstić information content (AvgIpc) is 1.88. The fraction of sp³-hybridized carbons (Fsp3) is 0.857. The highest BCUT2D eigenvalue weighted by Crippen LogP contribution is 2.09. The van der Waals surface area contributed by atoms with Gasteiger partial charge in [-0.05, 0) is 5.92 Å². The van der Waals surface area contributed by atoms with E-state index in [0.717, 1.165) is 0 Å². The number of carbonyl (C=O) groups excluding carboxylic acids is 1. The van der Waals surface area contributed by atoms with E-state index in [4.69, 9.17) is 4.74 Å². The molecule has 0 unspecified atom stereocenters. The maximum absolute atomic E-state index is 10.7. The standard InChI is InChI=1S/C7H13NO2/c1-5(2)6-3-7(9)10-4-8-6/h5-6,8H,3-4H2,1-2H3/t6-/m1/s1. The molecule has 0 saturated carbocycles. The number of cyclic esters (lactones) is 1. The van der Waals surface area contributed by atoms with E-state index in [1.54, 1.807) is 0 Å². The Hall–Kier alpha value is -0.570. The largest absolute Gasteiger partial charge is 0.450 e. The van der Waals surface area contributed by atoms with Crippen molar-refractivity contribution in [1.82, 2.24) is 5.32 Å². The lowest BCUT2D eigenvalue weighted by Crippen LogP contribution is -2.42. The van der Waals surface area contributed by atoms with Crippen LogP contribution in [0.25, 0.3) is 0 Å². The lowest BCUT2D eigenvalue weighted by atomic mass is 10.0. The molecule has 1 saturated heterocycles. The minimum absolute atomic E-state index is 0.0857. The summed E-state index contributed by atoms with van der Waals surface area (Å²) in [6, 6.07) is 0.307. The van der Waals surface area contributed by atoms with Crippen molar-refractivity contribution < 1.29 is 9.53 Å². The Kier molecular flexibility index (Phi) is 2.27. The van der Waals surface area contributed by atoms with Gasteiger partial charge in [0.05, 0.1) is 6.42 Å². The number of rotatable bonds is 1. The van der Waals surface area contributed by atoms with Crippen molar-refractivity contribution >= 4 is 5.97 Å². The summed E-state index contributed by atoms with van der Waals surface area (Å²) in [5.41, 5.74) is 0. The Morgan fingerprint density at radius 2 is 2.40 bits per heavy atom. The zero-order valence-electron chi connectivity index (χ0n) is 6.39. The Bertz CT molecular complexity index is 134. The molecule has 3 nitrogen and oxygen atoms in total. The van der Waals surface area contributed by atoms with E-state index in [0.29, 0.717) is 25.1 Å². The monoisotopic (exact) mass is 143 g/mol. The zero-order valence-corrected chi connectivity index (χ0v) is 6.39. The Morgan fingerprint density at radius 1 is 1.70 bits per heavy atom. The number of ether oxygens (including phenoxy) is 1. The second-order valence-corrected chi connectivity index (χ2v) is 2.92. The molecule has 1 atom stereocenters. The third kappa shape index (κ3) is 1.70. The first-order valence-corrected chi connectivity index (χ1v) is 3.59. The van der Waals surface area contributed by atoms with E-state index in [1.165, 1.54) is 0 Å². The number of hydrogen-bond donors (Lipinski definition) is 1. The van der Waals surface area contributed by atoms with E-state index in [-0.39, 0.29) is 5.97 Å². The van der Waals surface area contributed by atoms with Crippen LogP contribution in [0.1, 0.15) is 20.3 Å². The van der Waals surface area contributed by atoms with E-state index in [2.05, 4.69) is 19.2 Å². The molecule has 0 radical (unpaired) electrons. The summed E-state index contributed by atoms with van der Waals surface area (Å²) in [5.74, 6) is 0.422. The van der Waals surface area contributed by atoms with E-state index in [9.17, 15) is 4.79 Å². The first-order valence-electron chi connectivity index (χ1n) is 3.59. The topological polar surface area (TPSA) is 38.3 Å². The smallest absolute Gasteiger partial charge is 0.308 e. The van der Waals surface area contributed by atoms with Gasteiger partial charge in [-0.2, -0.15) is 0 Å². The summed E-state index contributed by atoms with van der Waals surface area (Å²) in [6.45, 7) is 4.56. The number of nitrogens with one attached hydrogen (secondary N) is 1.